The van der Waals surface area contributed by atoms with Gasteiger partial charge in [0.1, 0.15) is 0 Å². The molecule has 0 aliphatic carbocycles. The van der Waals surface area contributed by atoms with E-state index in [9.17, 15) is 9.59 Å². The van der Waals surface area contributed by atoms with Gasteiger partial charge >= 0.3 is 5.97 Å². The summed E-state index contributed by atoms with van der Waals surface area (Å²) in [5, 5.41) is 7.50. The standard InChI is InChI=1S/C27H21N3O5S2/c1-33-22-10-9-16(12-23(22)34-2)21-15-37-27(29-21)30-25(31)14-35-26(32)18-13-20(24-8-5-11-36-24)28-19-7-4-3-6-17(18)19/h3-13,15H,14H2,1-2H3,(H,29,30,31). The van der Waals surface area contributed by atoms with E-state index in [4.69, 9.17) is 14.2 Å². The van der Waals surface area contributed by atoms with Crippen LogP contribution in [0.5, 0.6) is 11.5 Å². The van der Waals surface area contributed by atoms with Crippen molar-refractivity contribution in [3.8, 4) is 33.3 Å². The van der Waals surface area contributed by atoms with Crippen molar-refractivity contribution in [2.75, 3.05) is 26.1 Å². The van der Waals surface area contributed by atoms with Crippen LogP contribution in [0.4, 0.5) is 5.13 Å². The van der Waals surface area contributed by atoms with E-state index < -0.39 is 18.5 Å². The predicted octanol–water partition coefficient (Wildman–Crippen LogP) is 5.90. The van der Waals surface area contributed by atoms with E-state index in [1.54, 1.807) is 26.4 Å². The number of thiazole rings is 1. The number of nitrogens with zero attached hydrogens (tertiary/aromatic N) is 2. The third-order valence-electron chi connectivity index (χ3n) is 5.47. The van der Waals surface area contributed by atoms with Crippen molar-refractivity contribution in [3.05, 3.63) is 77.0 Å². The molecule has 37 heavy (non-hydrogen) atoms. The molecule has 0 spiro atoms. The molecule has 0 saturated heterocycles. The van der Waals surface area contributed by atoms with Crippen LogP contribution < -0.4 is 14.8 Å². The lowest BCUT2D eigenvalue weighted by molar-refractivity contribution is -0.119. The van der Waals surface area contributed by atoms with Crippen molar-refractivity contribution >= 4 is 50.6 Å². The second kappa shape index (κ2) is 10.8. The number of methoxy groups -OCH3 is 2. The summed E-state index contributed by atoms with van der Waals surface area (Å²) in [6, 6.07) is 18.4. The molecule has 10 heteroatoms. The Hall–Kier alpha value is -4.28. The van der Waals surface area contributed by atoms with Crippen LogP contribution in [0, 0.1) is 0 Å². The van der Waals surface area contributed by atoms with Gasteiger partial charge in [0, 0.05) is 16.3 Å². The van der Waals surface area contributed by atoms with E-state index >= 15 is 0 Å². The van der Waals surface area contributed by atoms with Gasteiger partial charge in [0.15, 0.2) is 23.2 Å². The first-order chi connectivity index (χ1) is 18.1. The van der Waals surface area contributed by atoms with Gasteiger partial charge in [0.05, 0.1) is 41.6 Å². The van der Waals surface area contributed by atoms with Gasteiger partial charge < -0.3 is 14.2 Å². The first kappa shape index (κ1) is 24.4. The normalized spacial score (nSPS) is 10.8. The Bertz CT molecular complexity index is 1580. The number of carbonyl (C=O) groups excluding carboxylic acids is 2. The fourth-order valence-corrected chi connectivity index (χ4v) is 5.14. The molecular formula is C27H21N3O5S2. The number of para-hydroxylation sites is 1. The number of esters is 1. The second-order valence-corrected chi connectivity index (χ2v) is 9.59. The number of anilines is 1. The molecule has 3 aromatic heterocycles. The number of rotatable bonds is 8. The van der Waals surface area contributed by atoms with Crippen LogP contribution in [0.25, 0.3) is 32.7 Å². The minimum absolute atomic E-state index is 0.354. The van der Waals surface area contributed by atoms with E-state index in [0.29, 0.717) is 44.5 Å². The van der Waals surface area contributed by atoms with Gasteiger partial charge in [-0.3, -0.25) is 10.1 Å². The molecule has 5 rings (SSSR count). The minimum Gasteiger partial charge on any atom is -0.493 e. The van der Waals surface area contributed by atoms with Gasteiger partial charge in [-0.25, -0.2) is 14.8 Å². The smallest absolute Gasteiger partial charge is 0.339 e. The molecule has 0 bridgehead atoms. The Morgan fingerprint density at radius 1 is 0.892 bits per heavy atom. The van der Waals surface area contributed by atoms with Gasteiger partial charge in [-0.2, -0.15) is 0 Å². The molecule has 1 amide bonds. The highest BCUT2D eigenvalue weighted by Crippen LogP contribution is 2.33. The number of carbonyl (C=O) groups is 2. The molecule has 2 aromatic carbocycles. The lowest BCUT2D eigenvalue weighted by Crippen LogP contribution is -2.21. The molecule has 1 N–H and O–H groups in total. The molecular weight excluding hydrogens is 510 g/mol. The number of benzene rings is 2. The summed E-state index contributed by atoms with van der Waals surface area (Å²) in [5.74, 6) is 0.104. The average Bonchev–Trinajstić information content (AvgIpc) is 3.63. The first-order valence-electron chi connectivity index (χ1n) is 11.1. The third kappa shape index (κ3) is 5.30. The van der Waals surface area contributed by atoms with E-state index in [-0.39, 0.29) is 0 Å². The quantitative estimate of drug-likeness (QED) is 0.249. The van der Waals surface area contributed by atoms with Crippen LogP contribution in [0.1, 0.15) is 10.4 Å². The second-order valence-electron chi connectivity index (χ2n) is 7.78. The van der Waals surface area contributed by atoms with Crippen molar-refractivity contribution in [3.63, 3.8) is 0 Å². The summed E-state index contributed by atoms with van der Waals surface area (Å²) in [6.07, 6.45) is 0. The van der Waals surface area contributed by atoms with Crippen LogP contribution in [0.3, 0.4) is 0 Å². The molecule has 0 saturated carbocycles. The summed E-state index contributed by atoms with van der Waals surface area (Å²) >= 11 is 2.80. The molecule has 8 nitrogen and oxygen atoms in total. The molecule has 0 radical (unpaired) electrons. The number of fused-ring (bicyclic) bond motifs is 1. The largest absolute Gasteiger partial charge is 0.493 e. The topological polar surface area (TPSA) is 99.6 Å². The Morgan fingerprint density at radius 3 is 2.51 bits per heavy atom. The molecule has 0 aliphatic rings. The molecule has 0 atom stereocenters. The van der Waals surface area contributed by atoms with Gasteiger partial charge in [-0.15, -0.1) is 22.7 Å². The number of pyridine rings is 1. The monoisotopic (exact) mass is 531 g/mol. The zero-order valence-corrected chi connectivity index (χ0v) is 21.5. The number of thiophene rings is 1. The van der Waals surface area contributed by atoms with E-state index in [1.807, 2.05) is 59.3 Å². The summed E-state index contributed by atoms with van der Waals surface area (Å²) in [7, 11) is 3.13. The number of ether oxygens (including phenoxy) is 3. The summed E-state index contributed by atoms with van der Waals surface area (Å²) in [6.45, 7) is -0.449. The van der Waals surface area contributed by atoms with Crippen LogP contribution in [0.2, 0.25) is 0 Å². The summed E-state index contributed by atoms with van der Waals surface area (Å²) in [5.41, 5.74) is 3.19. The van der Waals surface area contributed by atoms with Crippen molar-refractivity contribution in [1.29, 1.82) is 0 Å². The SMILES string of the molecule is COc1ccc(-c2csc(NC(=O)COC(=O)c3cc(-c4cccs4)nc4ccccc34)n2)cc1OC. The van der Waals surface area contributed by atoms with Gasteiger partial charge in [-0.1, -0.05) is 24.3 Å². The Balaban J connectivity index is 1.27. The molecule has 3 heterocycles. The van der Waals surface area contributed by atoms with Crippen LogP contribution in [-0.2, 0) is 9.53 Å². The van der Waals surface area contributed by atoms with Crippen LogP contribution in [-0.4, -0.2) is 42.7 Å². The highest BCUT2D eigenvalue weighted by atomic mass is 32.1. The number of aromatic nitrogens is 2. The van der Waals surface area contributed by atoms with Gasteiger partial charge in [0.25, 0.3) is 5.91 Å². The molecule has 186 valence electrons. The van der Waals surface area contributed by atoms with E-state index in [2.05, 4.69) is 15.3 Å². The Kier molecular flexibility index (Phi) is 7.11. The maximum atomic E-state index is 13.0. The molecule has 0 aliphatic heterocycles. The fraction of sp³-hybridized carbons (Fsp3) is 0.111. The maximum absolute atomic E-state index is 13.0. The van der Waals surface area contributed by atoms with Gasteiger partial charge in [-0.05, 0) is 41.8 Å². The third-order valence-corrected chi connectivity index (χ3v) is 7.12. The lowest BCUT2D eigenvalue weighted by atomic mass is 10.1. The molecule has 5 aromatic rings. The van der Waals surface area contributed by atoms with Crippen molar-refractivity contribution in [2.24, 2.45) is 0 Å². The highest BCUT2D eigenvalue weighted by Gasteiger charge is 2.18. The maximum Gasteiger partial charge on any atom is 0.339 e. The number of nitrogens with one attached hydrogen (secondary N) is 1. The fourth-order valence-electron chi connectivity index (χ4n) is 3.72. The zero-order chi connectivity index (χ0) is 25.8. The molecule has 0 unspecified atom stereocenters. The summed E-state index contributed by atoms with van der Waals surface area (Å²) < 4.78 is 16.0. The predicted molar refractivity (Wildman–Crippen MR) is 145 cm³/mol. The highest BCUT2D eigenvalue weighted by molar-refractivity contribution is 7.14. The van der Waals surface area contributed by atoms with Crippen molar-refractivity contribution < 1.29 is 23.8 Å². The van der Waals surface area contributed by atoms with Gasteiger partial charge in [0.2, 0.25) is 0 Å². The number of hydrogen-bond acceptors (Lipinski definition) is 9. The van der Waals surface area contributed by atoms with E-state index in [0.717, 1.165) is 10.4 Å². The average molecular weight is 532 g/mol. The van der Waals surface area contributed by atoms with Crippen LogP contribution in [0.15, 0.2) is 71.4 Å². The Labute approximate surface area is 220 Å². The van der Waals surface area contributed by atoms with Crippen molar-refractivity contribution in [1.82, 2.24) is 9.97 Å². The number of hydrogen-bond donors (Lipinski definition) is 1. The van der Waals surface area contributed by atoms with Crippen molar-refractivity contribution in [2.45, 2.75) is 0 Å². The molecule has 0 fully saturated rings. The Morgan fingerprint density at radius 2 is 1.73 bits per heavy atom. The zero-order valence-electron chi connectivity index (χ0n) is 19.9. The minimum atomic E-state index is -0.600. The van der Waals surface area contributed by atoms with Crippen LogP contribution >= 0.6 is 22.7 Å². The lowest BCUT2D eigenvalue weighted by Gasteiger charge is -2.09. The van der Waals surface area contributed by atoms with E-state index in [1.165, 1.54) is 22.7 Å². The first-order valence-corrected chi connectivity index (χ1v) is 12.9. The number of amides is 1. The summed E-state index contributed by atoms with van der Waals surface area (Å²) in [4.78, 5) is 35.6.